The SMILES string of the molecule is O/N=C(\Nc1ccc2ccccc2c1)c1ccnc2nc[nH]c12. The van der Waals surface area contributed by atoms with Gasteiger partial charge in [0.15, 0.2) is 11.5 Å². The number of H-pyrrole nitrogens is 1. The monoisotopic (exact) mass is 303 g/mol. The van der Waals surface area contributed by atoms with Crippen LogP contribution in [0.4, 0.5) is 5.69 Å². The smallest absolute Gasteiger partial charge is 0.179 e. The number of nitrogens with zero attached hydrogens (tertiary/aromatic N) is 3. The molecule has 0 amide bonds. The molecule has 23 heavy (non-hydrogen) atoms. The van der Waals surface area contributed by atoms with Crippen LogP contribution in [0.2, 0.25) is 0 Å². The Bertz CT molecular complexity index is 1020. The van der Waals surface area contributed by atoms with Gasteiger partial charge in [-0.05, 0) is 29.0 Å². The van der Waals surface area contributed by atoms with E-state index >= 15 is 0 Å². The maximum atomic E-state index is 9.42. The molecule has 0 aliphatic rings. The van der Waals surface area contributed by atoms with E-state index in [4.69, 9.17) is 0 Å². The molecule has 0 spiro atoms. The first-order valence-corrected chi connectivity index (χ1v) is 7.11. The van der Waals surface area contributed by atoms with E-state index in [0.717, 1.165) is 16.5 Å². The lowest BCUT2D eigenvalue weighted by Crippen LogP contribution is -2.14. The Morgan fingerprint density at radius 3 is 2.78 bits per heavy atom. The van der Waals surface area contributed by atoms with Crippen LogP contribution in [0.5, 0.6) is 0 Å². The summed E-state index contributed by atoms with van der Waals surface area (Å²) in [5, 5.41) is 18.2. The molecule has 4 rings (SSSR count). The highest BCUT2D eigenvalue weighted by molar-refractivity contribution is 6.14. The largest absolute Gasteiger partial charge is 0.409 e. The minimum atomic E-state index is 0.330. The van der Waals surface area contributed by atoms with Gasteiger partial charge in [0, 0.05) is 17.4 Å². The molecule has 0 aliphatic carbocycles. The van der Waals surface area contributed by atoms with Gasteiger partial charge in [0.2, 0.25) is 0 Å². The lowest BCUT2D eigenvalue weighted by molar-refractivity contribution is 0.319. The Morgan fingerprint density at radius 1 is 1.04 bits per heavy atom. The lowest BCUT2D eigenvalue weighted by atomic mass is 10.1. The molecule has 0 unspecified atom stereocenters. The van der Waals surface area contributed by atoms with Gasteiger partial charge < -0.3 is 15.5 Å². The summed E-state index contributed by atoms with van der Waals surface area (Å²) in [7, 11) is 0. The van der Waals surface area contributed by atoms with E-state index in [1.54, 1.807) is 18.6 Å². The molecule has 6 heteroatoms. The molecule has 3 N–H and O–H groups in total. The van der Waals surface area contributed by atoms with Gasteiger partial charge in [-0.3, -0.25) is 0 Å². The normalized spacial score (nSPS) is 11.9. The zero-order valence-electron chi connectivity index (χ0n) is 12.1. The minimum absolute atomic E-state index is 0.330. The predicted molar refractivity (Wildman–Crippen MR) is 89.8 cm³/mol. The van der Waals surface area contributed by atoms with Gasteiger partial charge in [0.25, 0.3) is 0 Å². The second kappa shape index (κ2) is 5.42. The summed E-state index contributed by atoms with van der Waals surface area (Å²) < 4.78 is 0. The Balaban J connectivity index is 1.74. The van der Waals surface area contributed by atoms with Crippen molar-refractivity contribution in [3.8, 4) is 0 Å². The molecule has 0 saturated carbocycles. The van der Waals surface area contributed by atoms with E-state index in [1.165, 1.54) is 0 Å². The quantitative estimate of drug-likeness (QED) is 0.229. The highest BCUT2D eigenvalue weighted by atomic mass is 16.4. The molecule has 2 aromatic carbocycles. The molecule has 112 valence electrons. The van der Waals surface area contributed by atoms with Crippen LogP contribution in [-0.4, -0.2) is 26.0 Å². The number of benzene rings is 2. The fourth-order valence-electron chi connectivity index (χ4n) is 2.60. The summed E-state index contributed by atoms with van der Waals surface area (Å²) in [6, 6.07) is 15.8. The van der Waals surface area contributed by atoms with Crippen molar-refractivity contribution in [1.29, 1.82) is 0 Å². The summed E-state index contributed by atoms with van der Waals surface area (Å²) in [4.78, 5) is 11.3. The summed E-state index contributed by atoms with van der Waals surface area (Å²) >= 11 is 0. The standard InChI is InChI=1S/C17H13N5O/c23-22-16(14-7-8-18-17-15(14)19-10-20-17)21-13-6-5-11-3-1-2-4-12(11)9-13/h1-10,23H,(H,21,22)(H,18,19,20). The number of fused-ring (bicyclic) bond motifs is 2. The third kappa shape index (κ3) is 2.36. The predicted octanol–water partition coefficient (Wildman–Crippen LogP) is 3.36. The Labute approximate surface area is 131 Å². The number of hydrogen-bond donors (Lipinski definition) is 3. The molecular formula is C17H13N5O. The molecule has 0 bridgehead atoms. The van der Waals surface area contributed by atoms with Crippen LogP contribution in [0.15, 0.2) is 66.2 Å². The lowest BCUT2D eigenvalue weighted by Gasteiger charge is -2.10. The molecule has 0 atom stereocenters. The van der Waals surface area contributed by atoms with Gasteiger partial charge in [0.1, 0.15) is 0 Å². The van der Waals surface area contributed by atoms with Crippen LogP contribution in [0.3, 0.4) is 0 Å². The number of aromatic amines is 1. The van der Waals surface area contributed by atoms with Crippen LogP contribution >= 0.6 is 0 Å². The van der Waals surface area contributed by atoms with Gasteiger partial charge in [0.05, 0.1) is 11.8 Å². The number of amidine groups is 1. The number of rotatable bonds is 2. The van der Waals surface area contributed by atoms with Crippen molar-refractivity contribution in [3.05, 3.63) is 66.6 Å². The van der Waals surface area contributed by atoms with Crippen molar-refractivity contribution in [2.24, 2.45) is 5.16 Å². The second-order valence-electron chi connectivity index (χ2n) is 5.10. The summed E-state index contributed by atoms with van der Waals surface area (Å²) in [5.74, 6) is 0.330. The zero-order valence-corrected chi connectivity index (χ0v) is 12.1. The molecule has 0 saturated heterocycles. The van der Waals surface area contributed by atoms with E-state index in [9.17, 15) is 5.21 Å². The number of oxime groups is 1. The third-order valence-electron chi connectivity index (χ3n) is 3.69. The van der Waals surface area contributed by atoms with Gasteiger partial charge in [-0.2, -0.15) is 0 Å². The van der Waals surface area contributed by atoms with Crippen molar-refractivity contribution < 1.29 is 5.21 Å². The number of hydrogen-bond acceptors (Lipinski definition) is 4. The van der Waals surface area contributed by atoms with Crippen molar-refractivity contribution in [2.45, 2.75) is 0 Å². The summed E-state index contributed by atoms with van der Waals surface area (Å²) in [6.07, 6.45) is 3.19. The Hall–Kier alpha value is -3.41. The molecule has 2 aromatic heterocycles. The molecule has 0 aliphatic heterocycles. The summed E-state index contributed by atoms with van der Waals surface area (Å²) in [6.45, 7) is 0. The third-order valence-corrected chi connectivity index (χ3v) is 3.69. The maximum Gasteiger partial charge on any atom is 0.179 e. The number of aromatic nitrogens is 3. The van der Waals surface area contributed by atoms with Crippen molar-refractivity contribution in [3.63, 3.8) is 0 Å². The average molecular weight is 303 g/mol. The second-order valence-corrected chi connectivity index (χ2v) is 5.10. The molecule has 0 fully saturated rings. The van der Waals surface area contributed by atoms with Crippen molar-refractivity contribution in [1.82, 2.24) is 15.0 Å². The zero-order chi connectivity index (χ0) is 15.6. The first kappa shape index (κ1) is 13.3. The van der Waals surface area contributed by atoms with E-state index < -0.39 is 0 Å². The van der Waals surface area contributed by atoms with Gasteiger partial charge in [-0.25, -0.2) is 9.97 Å². The van der Waals surface area contributed by atoms with Crippen molar-refractivity contribution in [2.75, 3.05) is 5.32 Å². The van der Waals surface area contributed by atoms with Gasteiger partial charge in [-0.1, -0.05) is 35.5 Å². The molecular weight excluding hydrogens is 290 g/mol. The van der Waals surface area contributed by atoms with E-state index in [-0.39, 0.29) is 0 Å². The summed E-state index contributed by atoms with van der Waals surface area (Å²) in [5.41, 5.74) is 2.82. The highest BCUT2D eigenvalue weighted by Crippen LogP contribution is 2.20. The first-order chi connectivity index (χ1) is 11.3. The Kier molecular flexibility index (Phi) is 3.12. The van der Waals surface area contributed by atoms with E-state index in [1.807, 2.05) is 36.4 Å². The molecule has 4 aromatic rings. The van der Waals surface area contributed by atoms with Gasteiger partial charge >= 0.3 is 0 Å². The van der Waals surface area contributed by atoms with E-state index in [0.29, 0.717) is 22.6 Å². The molecule has 6 nitrogen and oxygen atoms in total. The molecule has 2 heterocycles. The Morgan fingerprint density at radius 2 is 1.91 bits per heavy atom. The molecule has 0 radical (unpaired) electrons. The maximum absolute atomic E-state index is 9.42. The van der Waals surface area contributed by atoms with Crippen LogP contribution < -0.4 is 5.32 Å². The van der Waals surface area contributed by atoms with Crippen LogP contribution in [0.1, 0.15) is 5.56 Å². The van der Waals surface area contributed by atoms with Crippen LogP contribution in [0.25, 0.3) is 21.9 Å². The fraction of sp³-hybridized carbons (Fsp3) is 0. The van der Waals surface area contributed by atoms with Gasteiger partial charge in [-0.15, -0.1) is 0 Å². The topological polar surface area (TPSA) is 86.2 Å². The number of pyridine rings is 1. The van der Waals surface area contributed by atoms with Crippen LogP contribution in [0, 0.1) is 0 Å². The number of nitrogens with one attached hydrogen (secondary N) is 2. The van der Waals surface area contributed by atoms with E-state index in [2.05, 4.69) is 31.5 Å². The number of imidazole rings is 1. The number of anilines is 1. The van der Waals surface area contributed by atoms with Crippen molar-refractivity contribution >= 4 is 33.5 Å². The first-order valence-electron chi connectivity index (χ1n) is 7.11. The highest BCUT2D eigenvalue weighted by Gasteiger charge is 2.11. The fourth-order valence-corrected chi connectivity index (χ4v) is 2.60. The van der Waals surface area contributed by atoms with Crippen LogP contribution in [-0.2, 0) is 0 Å². The minimum Gasteiger partial charge on any atom is -0.409 e. The average Bonchev–Trinajstić information content (AvgIpc) is 3.08.